The Bertz CT molecular complexity index is 1010. The van der Waals surface area contributed by atoms with Crippen LogP contribution in [0.3, 0.4) is 0 Å². The first kappa shape index (κ1) is 39.4. The van der Waals surface area contributed by atoms with E-state index in [1.165, 1.54) is 51.4 Å². The molecule has 0 aliphatic heterocycles. The number of fused-ring (bicyclic) bond motifs is 1. The quantitative estimate of drug-likeness (QED) is 0.216. The van der Waals surface area contributed by atoms with Gasteiger partial charge in [-0.1, -0.05) is 71.8 Å². The Balaban J connectivity index is 1.69. The Labute approximate surface area is 284 Å². The molecule has 3 rings (SSSR count). The third kappa shape index (κ3) is 11.3. The zero-order valence-corrected chi connectivity index (χ0v) is 36.0. The van der Waals surface area contributed by atoms with Crippen LogP contribution in [-0.2, 0) is 13.3 Å². The molecule has 0 saturated heterocycles. The van der Waals surface area contributed by atoms with Crippen LogP contribution in [0, 0.1) is 17.3 Å². The van der Waals surface area contributed by atoms with Gasteiger partial charge in [-0.25, -0.2) is 0 Å². The average Bonchev–Trinajstić information content (AvgIpc) is 2.82. The summed E-state index contributed by atoms with van der Waals surface area (Å²) in [6.07, 6.45) is 19.4. The van der Waals surface area contributed by atoms with Crippen LogP contribution in [0.15, 0.2) is 23.3 Å². The SMILES string of the molecule is CC(C)(CC[C@H]1CC[C@]2(C)CC(=CC=C3CC(O[Si](C)(C)C(C)(C)C)CC(O[Si](C)(C)C(C)(C)C)C3)CCC2C1)O[Si](C)(C)C. The molecule has 0 radical (unpaired) electrons. The summed E-state index contributed by atoms with van der Waals surface area (Å²) in [6.45, 7) is 38.0. The summed E-state index contributed by atoms with van der Waals surface area (Å²) in [5.41, 5.74) is 3.71. The van der Waals surface area contributed by atoms with E-state index in [4.69, 9.17) is 13.3 Å². The fourth-order valence-corrected chi connectivity index (χ4v) is 12.4. The maximum Gasteiger partial charge on any atom is 0.192 e. The Morgan fingerprint density at radius 2 is 1.24 bits per heavy atom. The highest BCUT2D eigenvalue weighted by molar-refractivity contribution is 6.74. The molecular weight excluding hydrogens is 601 g/mol. The fourth-order valence-electron chi connectivity index (χ4n) is 7.91. The second-order valence-corrected chi connectivity index (χ2v) is 34.5. The number of allylic oxidation sites excluding steroid dienone is 3. The highest BCUT2D eigenvalue weighted by Gasteiger charge is 2.45. The van der Waals surface area contributed by atoms with Gasteiger partial charge in [0.1, 0.15) is 0 Å². The summed E-state index contributed by atoms with van der Waals surface area (Å²) in [6, 6.07) is 0. The molecule has 0 spiro atoms. The molecule has 3 aliphatic carbocycles. The van der Waals surface area contributed by atoms with Crippen LogP contribution in [0.4, 0.5) is 0 Å². The van der Waals surface area contributed by atoms with E-state index >= 15 is 0 Å². The van der Waals surface area contributed by atoms with Crippen molar-refractivity contribution in [2.24, 2.45) is 17.3 Å². The van der Waals surface area contributed by atoms with Crippen molar-refractivity contribution in [3.63, 3.8) is 0 Å². The molecule has 0 heterocycles. The van der Waals surface area contributed by atoms with E-state index in [9.17, 15) is 0 Å². The van der Waals surface area contributed by atoms with E-state index in [0.29, 0.717) is 5.41 Å². The predicted molar refractivity (Wildman–Crippen MR) is 205 cm³/mol. The molecule has 45 heavy (non-hydrogen) atoms. The number of rotatable bonds is 10. The molecule has 3 unspecified atom stereocenters. The maximum atomic E-state index is 7.06. The minimum Gasteiger partial charge on any atom is -0.414 e. The molecule has 3 saturated carbocycles. The summed E-state index contributed by atoms with van der Waals surface area (Å²) in [4.78, 5) is 0. The first-order chi connectivity index (χ1) is 20.2. The first-order valence-corrected chi connectivity index (χ1v) is 27.9. The monoisotopic (exact) mass is 677 g/mol. The van der Waals surface area contributed by atoms with Gasteiger partial charge in [0, 0.05) is 0 Å². The lowest BCUT2D eigenvalue weighted by atomic mass is 9.57. The Morgan fingerprint density at radius 3 is 1.73 bits per heavy atom. The van der Waals surface area contributed by atoms with Crippen LogP contribution in [0.25, 0.3) is 0 Å². The fraction of sp³-hybridized carbons (Fsp3) is 0.897. The highest BCUT2D eigenvalue weighted by atomic mass is 28.4. The van der Waals surface area contributed by atoms with Gasteiger partial charge in [-0.2, -0.15) is 0 Å². The first-order valence-electron chi connectivity index (χ1n) is 18.6. The second-order valence-electron chi connectivity index (χ2n) is 20.5. The molecule has 6 heteroatoms. The summed E-state index contributed by atoms with van der Waals surface area (Å²) < 4.78 is 20.7. The van der Waals surface area contributed by atoms with E-state index < -0.39 is 25.0 Å². The largest absolute Gasteiger partial charge is 0.414 e. The van der Waals surface area contributed by atoms with Gasteiger partial charge in [0.05, 0.1) is 17.8 Å². The molecule has 262 valence electrons. The van der Waals surface area contributed by atoms with Crippen molar-refractivity contribution in [3.05, 3.63) is 23.3 Å². The van der Waals surface area contributed by atoms with Crippen LogP contribution in [0.5, 0.6) is 0 Å². The molecule has 5 atom stereocenters. The molecule has 0 aromatic heterocycles. The Kier molecular flexibility index (Phi) is 12.4. The summed E-state index contributed by atoms with van der Waals surface area (Å²) in [5.74, 6) is 1.75. The van der Waals surface area contributed by atoms with E-state index in [1.807, 2.05) is 0 Å². The summed E-state index contributed by atoms with van der Waals surface area (Å²) in [5, 5.41) is 0.439. The zero-order valence-electron chi connectivity index (χ0n) is 33.0. The van der Waals surface area contributed by atoms with E-state index in [0.717, 1.165) is 31.1 Å². The molecule has 3 fully saturated rings. The van der Waals surface area contributed by atoms with Gasteiger partial charge in [-0.3, -0.25) is 0 Å². The Morgan fingerprint density at radius 1 is 0.733 bits per heavy atom. The van der Waals surface area contributed by atoms with Crippen LogP contribution < -0.4 is 0 Å². The van der Waals surface area contributed by atoms with Crippen molar-refractivity contribution in [2.45, 2.75) is 207 Å². The normalized spacial score (nSPS) is 30.4. The smallest absolute Gasteiger partial charge is 0.192 e. The zero-order chi connectivity index (χ0) is 34.3. The minimum atomic E-state index is -1.86. The topological polar surface area (TPSA) is 27.7 Å². The summed E-state index contributed by atoms with van der Waals surface area (Å²) in [7, 11) is -5.23. The lowest BCUT2D eigenvalue weighted by Crippen LogP contribution is -2.48. The molecule has 0 bridgehead atoms. The van der Waals surface area contributed by atoms with Gasteiger partial charge < -0.3 is 13.3 Å². The van der Waals surface area contributed by atoms with Crippen molar-refractivity contribution in [2.75, 3.05) is 0 Å². The van der Waals surface area contributed by atoms with Gasteiger partial charge in [0.2, 0.25) is 0 Å². The molecule has 0 aromatic carbocycles. The van der Waals surface area contributed by atoms with Crippen molar-refractivity contribution in [3.8, 4) is 0 Å². The van der Waals surface area contributed by atoms with Gasteiger partial charge in [-0.15, -0.1) is 0 Å². The van der Waals surface area contributed by atoms with E-state index in [2.05, 4.69) is 120 Å². The molecule has 0 N–H and O–H groups in total. The second kappa shape index (κ2) is 14.1. The van der Waals surface area contributed by atoms with E-state index in [-0.39, 0.29) is 27.9 Å². The van der Waals surface area contributed by atoms with Crippen molar-refractivity contribution >= 4 is 25.0 Å². The van der Waals surface area contributed by atoms with Crippen LogP contribution in [0.1, 0.15) is 133 Å². The van der Waals surface area contributed by atoms with Gasteiger partial charge >= 0.3 is 0 Å². The highest BCUT2D eigenvalue weighted by Crippen LogP contribution is 2.54. The van der Waals surface area contributed by atoms with Crippen LogP contribution in [-0.4, -0.2) is 42.8 Å². The van der Waals surface area contributed by atoms with E-state index in [1.54, 1.807) is 11.1 Å². The molecule has 3 nitrogen and oxygen atoms in total. The third-order valence-electron chi connectivity index (χ3n) is 12.5. The number of hydrogen-bond donors (Lipinski definition) is 0. The Hall–Kier alpha value is 0.0106. The van der Waals surface area contributed by atoms with Gasteiger partial charge in [0.25, 0.3) is 0 Å². The van der Waals surface area contributed by atoms with Crippen molar-refractivity contribution < 1.29 is 13.3 Å². The lowest BCUT2D eigenvalue weighted by molar-refractivity contribution is 0.0374. The minimum absolute atomic E-state index is 0.0176. The predicted octanol–water partition coefficient (Wildman–Crippen LogP) is 12.8. The third-order valence-corrected chi connectivity index (χ3v) is 22.7. The number of hydrogen-bond acceptors (Lipinski definition) is 3. The standard InChI is InChI=1S/C39H76O3Si3/c1-36(2,3)44(13,14)40-34-26-32(27-35(28-34)41-45(15,16)37(4,5)6)18-17-31-19-20-33-25-30(22-24-39(33,9)29-31)21-23-38(7,8)42-43(10,11)12/h17-18,30,33-35H,19-29H2,1-16H3/t30-,33?,34?,35?,39+/m0/s1. The van der Waals surface area contributed by atoms with Crippen LogP contribution in [0.2, 0.25) is 55.9 Å². The van der Waals surface area contributed by atoms with Crippen molar-refractivity contribution in [1.82, 2.24) is 0 Å². The maximum absolute atomic E-state index is 7.06. The van der Waals surface area contributed by atoms with Crippen molar-refractivity contribution in [1.29, 1.82) is 0 Å². The molecule has 0 aromatic rings. The average molecular weight is 677 g/mol. The van der Waals surface area contributed by atoms with Gasteiger partial charge in [-0.05, 0) is 158 Å². The molecular formula is C39H76O3Si3. The lowest BCUT2D eigenvalue weighted by Gasteiger charge is -2.49. The van der Waals surface area contributed by atoms with Gasteiger partial charge in [0.15, 0.2) is 25.0 Å². The van der Waals surface area contributed by atoms with Crippen LogP contribution >= 0.6 is 0 Å². The molecule has 3 aliphatic rings. The summed E-state index contributed by atoms with van der Waals surface area (Å²) >= 11 is 0. The molecule has 0 amide bonds.